The van der Waals surface area contributed by atoms with E-state index in [1.54, 1.807) is 13.2 Å². The summed E-state index contributed by atoms with van der Waals surface area (Å²) in [6.45, 7) is 1.61. The number of rotatable bonds is 7. The van der Waals surface area contributed by atoms with Crippen LogP contribution >= 0.6 is 0 Å². The van der Waals surface area contributed by atoms with Crippen LogP contribution in [-0.4, -0.2) is 32.6 Å². The maximum absolute atomic E-state index is 5.77. The van der Waals surface area contributed by atoms with Crippen LogP contribution in [0.2, 0.25) is 0 Å². The van der Waals surface area contributed by atoms with Crippen LogP contribution in [0.5, 0.6) is 5.75 Å². The molecular weight excluding hydrogens is 378 g/mol. The highest BCUT2D eigenvalue weighted by molar-refractivity contribution is 5.79. The van der Waals surface area contributed by atoms with Gasteiger partial charge in [0, 0.05) is 26.0 Å². The van der Waals surface area contributed by atoms with E-state index in [2.05, 4.69) is 30.8 Å². The highest BCUT2D eigenvalue weighted by Crippen LogP contribution is 2.13. The van der Waals surface area contributed by atoms with Gasteiger partial charge < -0.3 is 15.4 Å². The minimum atomic E-state index is 0.451. The molecule has 3 heterocycles. The molecule has 2 N–H and O–H groups in total. The summed E-state index contributed by atoms with van der Waals surface area (Å²) < 4.78 is 7.72. The molecule has 1 aromatic carbocycles. The van der Waals surface area contributed by atoms with Gasteiger partial charge in [0.1, 0.15) is 12.4 Å². The molecule has 8 nitrogen and oxygen atoms in total. The normalized spacial score (nSPS) is 11.4. The Hall–Kier alpha value is -3.94. The first-order chi connectivity index (χ1) is 14.8. The summed E-state index contributed by atoms with van der Waals surface area (Å²) in [5.74, 6) is 2.33. The Balaban J connectivity index is 1.26. The third-order valence-corrected chi connectivity index (χ3v) is 4.52. The van der Waals surface area contributed by atoms with E-state index in [4.69, 9.17) is 4.74 Å². The molecule has 30 heavy (non-hydrogen) atoms. The number of aromatic nitrogens is 4. The van der Waals surface area contributed by atoms with Gasteiger partial charge in [0.2, 0.25) is 0 Å². The summed E-state index contributed by atoms with van der Waals surface area (Å²) in [5.41, 5.74) is 2.84. The van der Waals surface area contributed by atoms with Gasteiger partial charge in [-0.3, -0.25) is 14.4 Å². The largest absolute Gasteiger partial charge is 0.487 e. The van der Waals surface area contributed by atoms with Crippen LogP contribution in [0.15, 0.2) is 78.0 Å². The van der Waals surface area contributed by atoms with E-state index in [9.17, 15) is 0 Å². The monoisotopic (exact) mass is 401 g/mol. The molecule has 0 aliphatic rings. The summed E-state index contributed by atoms with van der Waals surface area (Å²) >= 11 is 0. The van der Waals surface area contributed by atoms with Crippen molar-refractivity contribution >= 4 is 11.6 Å². The summed E-state index contributed by atoms with van der Waals surface area (Å²) in [4.78, 5) is 8.53. The Morgan fingerprint density at radius 2 is 1.80 bits per heavy atom. The minimum absolute atomic E-state index is 0.451. The number of ether oxygens (including phenoxy) is 1. The van der Waals surface area contributed by atoms with E-state index in [1.165, 1.54) is 0 Å². The topological polar surface area (TPSA) is 88.7 Å². The van der Waals surface area contributed by atoms with Gasteiger partial charge in [0.05, 0.1) is 12.2 Å². The zero-order chi connectivity index (χ0) is 20.6. The molecule has 3 aromatic heterocycles. The molecule has 4 rings (SSSR count). The Morgan fingerprint density at radius 3 is 2.60 bits per heavy atom. The lowest BCUT2D eigenvalue weighted by Crippen LogP contribution is -2.36. The summed E-state index contributed by atoms with van der Waals surface area (Å²) in [7, 11) is 1.74. The van der Waals surface area contributed by atoms with E-state index in [0.29, 0.717) is 25.7 Å². The standard InChI is InChI=1S/C22H23N7O/c1-23-22(26-15-21-28-27-20-7-3-5-13-29(20)21)25-14-17-8-10-19(11-9-17)30-16-18-6-2-4-12-24-18/h2-13H,14-16H2,1H3,(H2,23,25,26). The minimum Gasteiger partial charge on any atom is -0.487 e. The molecule has 0 saturated carbocycles. The lowest BCUT2D eigenvalue weighted by molar-refractivity contribution is 0.301. The lowest BCUT2D eigenvalue weighted by atomic mass is 10.2. The fraction of sp³-hybridized carbons (Fsp3) is 0.182. The molecule has 0 radical (unpaired) electrons. The molecule has 0 fully saturated rings. The van der Waals surface area contributed by atoms with Gasteiger partial charge in [-0.05, 0) is 42.0 Å². The molecule has 0 bridgehead atoms. The number of pyridine rings is 2. The smallest absolute Gasteiger partial charge is 0.191 e. The van der Waals surface area contributed by atoms with Crippen LogP contribution in [0.1, 0.15) is 17.1 Å². The van der Waals surface area contributed by atoms with Crippen molar-refractivity contribution in [1.29, 1.82) is 0 Å². The number of benzene rings is 1. The van der Waals surface area contributed by atoms with Crippen LogP contribution in [0.4, 0.5) is 0 Å². The third kappa shape index (κ3) is 4.91. The van der Waals surface area contributed by atoms with E-state index in [0.717, 1.165) is 28.5 Å². The first kappa shape index (κ1) is 19.4. The maximum Gasteiger partial charge on any atom is 0.191 e. The number of hydrogen-bond donors (Lipinski definition) is 2. The molecule has 152 valence electrons. The predicted octanol–water partition coefficient (Wildman–Crippen LogP) is 2.57. The number of aliphatic imine (C=N–C) groups is 1. The fourth-order valence-electron chi connectivity index (χ4n) is 2.92. The van der Waals surface area contributed by atoms with Crippen LogP contribution in [0.25, 0.3) is 5.65 Å². The Labute approximate surface area is 174 Å². The van der Waals surface area contributed by atoms with Crippen LogP contribution in [0.3, 0.4) is 0 Å². The average molecular weight is 401 g/mol. The Bertz CT molecular complexity index is 1110. The van der Waals surface area contributed by atoms with Gasteiger partial charge in [-0.15, -0.1) is 10.2 Å². The van der Waals surface area contributed by atoms with Gasteiger partial charge in [-0.25, -0.2) is 0 Å². The van der Waals surface area contributed by atoms with Crippen molar-refractivity contribution in [2.24, 2.45) is 4.99 Å². The molecule has 0 atom stereocenters. The molecule has 0 amide bonds. The average Bonchev–Trinajstić information content (AvgIpc) is 3.22. The summed E-state index contributed by atoms with van der Waals surface area (Å²) in [6, 6.07) is 19.6. The van der Waals surface area contributed by atoms with Gasteiger partial charge in [0.15, 0.2) is 17.4 Å². The van der Waals surface area contributed by atoms with Crippen molar-refractivity contribution < 1.29 is 4.74 Å². The van der Waals surface area contributed by atoms with Crippen LogP contribution in [0, 0.1) is 0 Å². The second kappa shape index (κ2) is 9.51. The first-order valence-corrected chi connectivity index (χ1v) is 9.66. The Morgan fingerprint density at radius 1 is 0.967 bits per heavy atom. The number of nitrogens with zero attached hydrogens (tertiary/aromatic N) is 5. The van der Waals surface area contributed by atoms with E-state index in [1.807, 2.05) is 71.3 Å². The highest BCUT2D eigenvalue weighted by atomic mass is 16.5. The van der Waals surface area contributed by atoms with Crippen molar-refractivity contribution in [3.05, 3.63) is 90.1 Å². The van der Waals surface area contributed by atoms with Crippen molar-refractivity contribution in [3.8, 4) is 5.75 Å². The summed E-state index contributed by atoms with van der Waals surface area (Å²) in [5, 5.41) is 14.9. The maximum atomic E-state index is 5.77. The molecular formula is C22H23N7O. The molecule has 0 aliphatic carbocycles. The second-order valence-corrected chi connectivity index (χ2v) is 6.58. The third-order valence-electron chi connectivity index (χ3n) is 4.52. The van der Waals surface area contributed by atoms with Crippen molar-refractivity contribution in [1.82, 2.24) is 30.2 Å². The SMILES string of the molecule is CN=C(NCc1ccc(OCc2ccccn2)cc1)NCc1nnc2ccccn12. The zero-order valence-corrected chi connectivity index (χ0v) is 16.7. The van der Waals surface area contributed by atoms with Crippen molar-refractivity contribution in [2.45, 2.75) is 19.7 Å². The number of guanidine groups is 1. The van der Waals surface area contributed by atoms with E-state index < -0.39 is 0 Å². The number of fused-ring (bicyclic) bond motifs is 1. The fourth-order valence-corrected chi connectivity index (χ4v) is 2.92. The van der Waals surface area contributed by atoms with E-state index >= 15 is 0 Å². The second-order valence-electron chi connectivity index (χ2n) is 6.58. The van der Waals surface area contributed by atoms with Gasteiger partial charge >= 0.3 is 0 Å². The number of hydrogen-bond acceptors (Lipinski definition) is 5. The Kier molecular flexibility index (Phi) is 6.14. The van der Waals surface area contributed by atoms with E-state index in [-0.39, 0.29) is 0 Å². The van der Waals surface area contributed by atoms with Crippen LogP contribution < -0.4 is 15.4 Å². The van der Waals surface area contributed by atoms with Crippen molar-refractivity contribution in [2.75, 3.05) is 7.05 Å². The zero-order valence-electron chi connectivity index (χ0n) is 16.7. The lowest BCUT2D eigenvalue weighted by Gasteiger charge is -2.12. The predicted molar refractivity (Wildman–Crippen MR) is 115 cm³/mol. The molecule has 0 saturated heterocycles. The molecule has 8 heteroatoms. The van der Waals surface area contributed by atoms with Gasteiger partial charge in [0.25, 0.3) is 0 Å². The molecule has 0 aliphatic heterocycles. The van der Waals surface area contributed by atoms with Crippen LogP contribution in [-0.2, 0) is 19.7 Å². The number of nitrogens with one attached hydrogen (secondary N) is 2. The highest BCUT2D eigenvalue weighted by Gasteiger charge is 2.06. The molecule has 0 spiro atoms. The van der Waals surface area contributed by atoms with Crippen molar-refractivity contribution in [3.63, 3.8) is 0 Å². The summed E-state index contributed by atoms with van der Waals surface area (Å²) in [6.07, 6.45) is 3.71. The first-order valence-electron chi connectivity index (χ1n) is 9.66. The molecule has 4 aromatic rings. The van der Waals surface area contributed by atoms with Gasteiger partial charge in [-0.1, -0.05) is 24.3 Å². The molecule has 0 unspecified atom stereocenters. The van der Waals surface area contributed by atoms with Gasteiger partial charge in [-0.2, -0.15) is 0 Å². The quantitative estimate of drug-likeness (QED) is 0.366.